The van der Waals surface area contributed by atoms with Gasteiger partial charge < -0.3 is 9.26 Å². The summed E-state index contributed by atoms with van der Waals surface area (Å²) in [4.78, 5) is 23.9. The highest BCUT2D eigenvalue weighted by Crippen LogP contribution is 2.15. The van der Waals surface area contributed by atoms with Gasteiger partial charge in [0, 0.05) is 26.3 Å². The van der Waals surface area contributed by atoms with Crippen LogP contribution >= 0.6 is 0 Å². The maximum Gasteiger partial charge on any atom is 0.294 e. The molecular formula is C11H15N3O4. The second-order valence-electron chi connectivity index (χ2n) is 4.05. The third kappa shape index (κ3) is 2.35. The van der Waals surface area contributed by atoms with Crippen LogP contribution in [-0.2, 0) is 9.53 Å². The molecule has 18 heavy (non-hydrogen) atoms. The summed E-state index contributed by atoms with van der Waals surface area (Å²) in [6, 6.07) is 1.56. The molecule has 0 aromatic carbocycles. The minimum absolute atomic E-state index is 0.0401. The zero-order valence-electron chi connectivity index (χ0n) is 10.4. The molecule has 1 aliphatic rings. The maximum absolute atomic E-state index is 12.1. The van der Waals surface area contributed by atoms with Gasteiger partial charge >= 0.3 is 0 Å². The normalized spacial score (nSPS) is 15.2. The van der Waals surface area contributed by atoms with Crippen molar-refractivity contribution in [1.82, 2.24) is 15.2 Å². The van der Waals surface area contributed by atoms with Crippen LogP contribution in [0.3, 0.4) is 0 Å². The Bertz CT molecular complexity index is 457. The number of amides is 2. The van der Waals surface area contributed by atoms with Crippen molar-refractivity contribution >= 4 is 11.8 Å². The third-order valence-electron chi connectivity index (χ3n) is 2.67. The summed E-state index contributed by atoms with van der Waals surface area (Å²) in [5, 5.41) is 6.45. The predicted molar refractivity (Wildman–Crippen MR) is 60.5 cm³/mol. The lowest BCUT2D eigenvalue weighted by Gasteiger charge is -2.26. The van der Waals surface area contributed by atoms with Crippen molar-refractivity contribution < 1.29 is 18.8 Å². The third-order valence-corrected chi connectivity index (χ3v) is 2.67. The molecule has 2 heterocycles. The van der Waals surface area contributed by atoms with Crippen molar-refractivity contribution in [1.29, 1.82) is 0 Å². The Morgan fingerprint density at radius 1 is 1.44 bits per heavy atom. The Morgan fingerprint density at radius 2 is 2.17 bits per heavy atom. The van der Waals surface area contributed by atoms with Crippen LogP contribution in [-0.4, -0.2) is 53.8 Å². The van der Waals surface area contributed by atoms with Crippen LogP contribution in [0.2, 0.25) is 0 Å². The minimum Gasteiger partial charge on any atom is -0.375 e. The summed E-state index contributed by atoms with van der Waals surface area (Å²) < 4.78 is 9.65. The number of hydrazine groups is 1. The van der Waals surface area contributed by atoms with Gasteiger partial charge in [0.1, 0.15) is 12.4 Å². The standard InChI is InChI=1S/C11H15N3O4/c1-8-6-9(12-18-8)11(16)14-5-3-4-13(14)10(15)7-17-2/h6H,3-5,7H2,1-2H3. The summed E-state index contributed by atoms with van der Waals surface area (Å²) in [6.45, 7) is 2.69. The second-order valence-corrected chi connectivity index (χ2v) is 4.05. The number of ether oxygens (including phenoxy) is 1. The summed E-state index contributed by atoms with van der Waals surface area (Å²) in [5.74, 6) is 0.00434. The fraction of sp³-hybridized carbons (Fsp3) is 0.545. The number of hydrogen-bond donors (Lipinski definition) is 0. The number of hydrogen-bond acceptors (Lipinski definition) is 5. The molecule has 0 bridgehead atoms. The molecule has 1 aliphatic heterocycles. The van der Waals surface area contributed by atoms with E-state index in [0.29, 0.717) is 18.8 Å². The zero-order valence-corrected chi connectivity index (χ0v) is 10.4. The van der Waals surface area contributed by atoms with E-state index in [1.165, 1.54) is 17.1 Å². The average Bonchev–Trinajstić information content (AvgIpc) is 2.96. The Kier molecular flexibility index (Phi) is 3.61. The Balaban J connectivity index is 2.11. The molecule has 1 saturated heterocycles. The molecule has 2 amide bonds. The highest BCUT2D eigenvalue weighted by atomic mass is 16.5. The van der Waals surface area contributed by atoms with Gasteiger partial charge in [-0.2, -0.15) is 0 Å². The van der Waals surface area contributed by atoms with Crippen LogP contribution in [0.5, 0.6) is 0 Å². The fourth-order valence-corrected chi connectivity index (χ4v) is 1.88. The molecule has 7 heteroatoms. The van der Waals surface area contributed by atoms with E-state index < -0.39 is 0 Å². The molecular weight excluding hydrogens is 238 g/mol. The molecule has 0 saturated carbocycles. The number of aromatic nitrogens is 1. The molecule has 98 valence electrons. The van der Waals surface area contributed by atoms with Crippen LogP contribution in [0.4, 0.5) is 0 Å². The second kappa shape index (κ2) is 5.18. The van der Waals surface area contributed by atoms with Crippen molar-refractivity contribution in [2.75, 3.05) is 26.8 Å². The van der Waals surface area contributed by atoms with E-state index in [4.69, 9.17) is 9.26 Å². The summed E-state index contributed by atoms with van der Waals surface area (Å²) >= 11 is 0. The lowest BCUT2D eigenvalue weighted by Crippen LogP contribution is -2.46. The number of carbonyl (C=O) groups is 2. The van der Waals surface area contributed by atoms with E-state index in [2.05, 4.69) is 5.16 Å². The van der Waals surface area contributed by atoms with Gasteiger partial charge in [0.05, 0.1) is 0 Å². The van der Waals surface area contributed by atoms with Crippen LogP contribution < -0.4 is 0 Å². The molecule has 0 spiro atoms. The molecule has 1 aromatic heterocycles. The van der Waals surface area contributed by atoms with Gasteiger partial charge in [0.15, 0.2) is 5.69 Å². The number of methoxy groups -OCH3 is 1. The lowest BCUT2D eigenvalue weighted by atomic mass is 10.3. The zero-order chi connectivity index (χ0) is 13.1. The van der Waals surface area contributed by atoms with Gasteiger partial charge in [-0.25, -0.2) is 10.0 Å². The number of rotatable bonds is 3. The molecule has 1 aromatic rings. The van der Waals surface area contributed by atoms with E-state index >= 15 is 0 Å². The monoisotopic (exact) mass is 253 g/mol. The first-order valence-corrected chi connectivity index (χ1v) is 5.68. The van der Waals surface area contributed by atoms with Crippen LogP contribution in [0.1, 0.15) is 22.7 Å². The van der Waals surface area contributed by atoms with E-state index in [0.717, 1.165) is 6.42 Å². The van der Waals surface area contributed by atoms with Gasteiger partial charge in [-0.15, -0.1) is 0 Å². The number of nitrogens with zero attached hydrogens (tertiary/aromatic N) is 3. The largest absolute Gasteiger partial charge is 0.375 e. The van der Waals surface area contributed by atoms with Gasteiger partial charge in [-0.1, -0.05) is 5.16 Å². The molecule has 1 fully saturated rings. The van der Waals surface area contributed by atoms with E-state index in [9.17, 15) is 9.59 Å². The molecule has 0 unspecified atom stereocenters. The molecule has 2 rings (SSSR count). The first kappa shape index (κ1) is 12.6. The van der Waals surface area contributed by atoms with Crippen molar-refractivity contribution in [2.24, 2.45) is 0 Å². The molecule has 0 N–H and O–H groups in total. The Morgan fingerprint density at radius 3 is 2.78 bits per heavy atom. The predicted octanol–water partition coefficient (Wildman–Crippen LogP) is 0.219. The van der Waals surface area contributed by atoms with Crippen molar-refractivity contribution in [3.63, 3.8) is 0 Å². The van der Waals surface area contributed by atoms with Crippen LogP contribution in [0.25, 0.3) is 0 Å². The first-order chi connectivity index (χ1) is 8.63. The van der Waals surface area contributed by atoms with E-state index in [1.54, 1.807) is 13.0 Å². The van der Waals surface area contributed by atoms with Crippen molar-refractivity contribution in [3.8, 4) is 0 Å². The number of aryl methyl sites for hydroxylation is 1. The van der Waals surface area contributed by atoms with Crippen molar-refractivity contribution in [3.05, 3.63) is 17.5 Å². The number of carbonyl (C=O) groups excluding carboxylic acids is 2. The Hall–Kier alpha value is -1.89. The van der Waals surface area contributed by atoms with Gasteiger partial charge in [-0.3, -0.25) is 9.59 Å². The minimum atomic E-state index is -0.325. The summed E-state index contributed by atoms with van der Waals surface area (Å²) in [6.07, 6.45) is 0.748. The summed E-state index contributed by atoms with van der Waals surface area (Å²) in [5.41, 5.74) is 0.213. The van der Waals surface area contributed by atoms with Gasteiger partial charge in [0.25, 0.3) is 11.8 Å². The van der Waals surface area contributed by atoms with Crippen LogP contribution in [0.15, 0.2) is 10.6 Å². The van der Waals surface area contributed by atoms with Crippen molar-refractivity contribution in [2.45, 2.75) is 13.3 Å². The van der Waals surface area contributed by atoms with E-state index in [1.807, 2.05) is 0 Å². The highest BCUT2D eigenvalue weighted by molar-refractivity contribution is 5.94. The maximum atomic E-state index is 12.1. The SMILES string of the molecule is COCC(=O)N1CCCN1C(=O)c1cc(C)on1. The highest BCUT2D eigenvalue weighted by Gasteiger charge is 2.32. The molecule has 0 radical (unpaired) electrons. The summed E-state index contributed by atoms with van der Waals surface area (Å²) in [7, 11) is 1.45. The van der Waals surface area contributed by atoms with Crippen LogP contribution in [0, 0.1) is 6.92 Å². The topological polar surface area (TPSA) is 75.9 Å². The van der Waals surface area contributed by atoms with Gasteiger partial charge in [-0.05, 0) is 13.3 Å². The molecule has 0 aliphatic carbocycles. The first-order valence-electron chi connectivity index (χ1n) is 5.68. The fourth-order valence-electron chi connectivity index (χ4n) is 1.88. The lowest BCUT2D eigenvalue weighted by molar-refractivity contribution is -0.144. The van der Waals surface area contributed by atoms with E-state index in [-0.39, 0.29) is 24.1 Å². The molecule has 0 atom stereocenters. The Labute approximate surface area is 104 Å². The smallest absolute Gasteiger partial charge is 0.294 e. The quantitative estimate of drug-likeness (QED) is 0.770. The molecule has 7 nitrogen and oxygen atoms in total. The average molecular weight is 253 g/mol. The van der Waals surface area contributed by atoms with Gasteiger partial charge in [0.2, 0.25) is 0 Å².